The van der Waals surface area contributed by atoms with Crippen molar-refractivity contribution in [2.45, 2.75) is 31.7 Å². The Balaban J connectivity index is 1.56. The van der Waals surface area contributed by atoms with Crippen molar-refractivity contribution in [3.63, 3.8) is 0 Å². The van der Waals surface area contributed by atoms with Crippen molar-refractivity contribution in [2.75, 3.05) is 17.7 Å². The maximum Gasteiger partial charge on any atom is 0.362 e. The number of esters is 1. The van der Waals surface area contributed by atoms with Gasteiger partial charge in [-0.05, 0) is 42.8 Å². The van der Waals surface area contributed by atoms with E-state index < -0.39 is 29.8 Å². The third-order valence-electron chi connectivity index (χ3n) is 5.79. The van der Waals surface area contributed by atoms with Crippen LogP contribution in [0.3, 0.4) is 0 Å². The second-order valence-electron chi connectivity index (χ2n) is 8.25. The van der Waals surface area contributed by atoms with Crippen LogP contribution in [0.25, 0.3) is 0 Å². The number of amides is 2. The molecule has 0 radical (unpaired) electrons. The number of ketones is 1. The summed E-state index contributed by atoms with van der Waals surface area (Å²) in [7, 11) is 1.65. The number of carbonyl (C=O) groups excluding carboxylic acids is 3. The van der Waals surface area contributed by atoms with E-state index >= 15 is 4.39 Å². The van der Waals surface area contributed by atoms with Gasteiger partial charge in [0.1, 0.15) is 29.3 Å². The Hall–Kier alpha value is -4.85. The van der Waals surface area contributed by atoms with E-state index in [4.69, 9.17) is 10.00 Å². The van der Waals surface area contributed by atoms with E-state index in [-0.39, 0.29) is 40.6 Å². The molecule has 1 aliphatic rings. The van der Waals surface area contributed by atoms with Crippen LogP contribution in [0.2, 0.25) is 0 Å². The Morgan fingerprint density at radius 1 is 1.16 bits per heavy atom. The minimum Gasteiger partial charge on any atom is -0.421 e. The second-order valence-corrected chi connectivity index (χ2v) is 8.25. The molecular formula is C26H23FN6O4. The summed E-state index contributed by atoms with van der Waals surface area (Å²) in [5, 5.41) is 17.0. The van der Waals surface area contributed by atoms with Gasteiger partial charge in [0.25, 0.3) is 0 Å². The highest BCUT2D eigenvalue weighted by molar-refractivity contribution is 6.00. The molecule has 1 fully saturated rings. The Morgan fingerprint density at radius 2 is 1.97 bits per heavy atom. The van der Waals surface area contributed by atoms with Gasteiger partial charge in [-0.15, -0.1) is 0 Å². The Kier molecular flexibility index (Phi) is 7.39. The van der Waals surface area contributed by atoms with E-state index in [9.17, 15) is 14.4 Å². The molecule has 3 aromatic rings. The zero-order chi connectivity index (χ0) is 26.5. The maximum absolute atomic E-state index is 15.1. The molecule has 0 spiro atoms. The van der Waals surface area contributed by atoms with Crippen LogP contribution in [0.15, 0.2) is 48.7 Å². The maximum atomic E-state index is 15.1. The average molecular weight is 503 g/mol. The molecule has 0 aliphatic heterocycles. The topological polar surface area (TPSA) is 146 Å². The molecule has 2 atom stereocenters. The number of nitriles is 1. The predicted molar refractivity (Wildman–Crippen MR) is 132 cm³/mol. The number of carbonyl (C=O) groups is 3. The summed E-state index contributed by atoms with van der Waals surface area (Å²) in [5.74, 6) is -1.84. The third-order valence-corrected chi connectivity index (χ3v) is 5.79. The standard InChI is InChI=1S/C26H23FN6O4/c1-3-20(34)15-8-9-17(27)23(24(15)37-25(35)18-5-4-6-21(29-2)31-18)16-11-19(16)32-26(36)33-22-10-7-14(12-28)13-30-22/h4-10,13,16,19H,3,11H2,1-2H3,(H,29,31)(H2,30,32,33,36)/t16-,19+/m0/s1. The Morgan fingerprint density at radius 3 is 2.65 bits per heavy atom. The SMILES string of the molecule is CCC(=O)c1ccc(F)c([C@H]2C[C@H]2NC(=O)Nc2ccc(C#N)cn2)c1OC(=O)c1cccc(NC)n1. The molecule has 11 heteroatoms. The van der Waals surface area contributed by atoms with E-state index in [0.29, 0.717) is 17.8 Å². The number of urea groups is 1. The minimum absolute atomic E-state index is 0.0169. The fraction of sp³-hybridized carbons (Fsp3) is 0.231. The first-order valence-corrected chi connectivity index (χ1v) is 11.5. The number of ether oxygens (including phenoxy) is 1. The molecule has 1 aromatic carbocycles. The first kappa shape index (κ1) is 25.2. The van der Waals surface area contributed by atoms with Crippen LogP contribution in [-0.2, 0) is 0 Å². The highest BCUT2D eigenvalue weighted by Crippen LogP contribution is 2.47. The molecule has 3 N–H and O–H groups in total. The zero-order valence-corrected chi connectivity index (χ0v) is 20.0. The average Bonchev–Trinajstić information content (AvgIpc) is 3.66. The van der Waals surface area contributed by atoms with Crippen LogP contribution in [-0.4, -0.2) is 40.8 Å². The van der Waals surface area contributed by atoms with Crippen molar-refractivity contribution in [2.24, 2.45) is 0 Å². The first-order chi connectivity index (χ1) is 17.8. The molecule has 0 unspecified atom stereocenters. The van der Waals surface area contributed by atoms with Crippen LogP contribution in [0.5, 0.6) is 5.75 Å². The molecule has 37 heavy (non-hydrogen) atoms. The molecule has 2 heterocycles. The van der Waals surface area contributed by atoms with Gasteiger partial charge in [-0.3, -0.25) is 10.1 Å². The molecule has 2 amide bonds. The molecule has 0 saturated heterocycles. The molecule has 1 saturated carbocycles. The largest absolute Gasteiger partial charge is 0.421 e. The van der Waals surface area contributed by atoms with Crippen molar-refractivity contribution >= 4 is 29.4 Å². The number of pyridine rings is 2. The summed E-state index contributed by atoms with van der Waals surface area (Å²) in [6.07, 6.45) is 1.81. The van der Waals surface area contributed by atoms with Gasteiger partial charge in [-0.25, -0.2) is 23.9 Å². The zero-order valence-electron chi connectivity index (χ0n) is 20.0. The lowest BCUT2D eigenvalue weighted by Crippen LogP contribution is -2.31. The number of rotatable bonds is 8. The Labute approximate surface area is 211 Å². The van der Waals surface area contributed by atoms with Crippen molar-refractivity contribution in [3.8, 4) is 11.8 Å². The number of hydrogen-bond acceptors (Lipinski definition) is 8. The molecule has 188 valence electrons. The second kappa shape index (κ2) is 10.8. The summed E-state index contributed by atoms with van der Waals surface area (Å²) >= 11 is 0. The summed E-state index contributed by atoms with van der Waals surface area (Å²) in [6, 6.07) is 11.1. The number of nitrogens with zero attached hydrogens (tertiary/aromatic N) is 3. The van der Waals surface area contributed by atoms with E-state index in [0.717, 1.165) is 6.07 Å². The molecule has 10 nitrogen and oxygen atoms in total. The molecule has 1 aliphatic carbocycles. The smallest absolute Gasteiger partial charge is 0.362 e. The number of nitrogens with one attached hydrogen (secondary N) is 3. The van der Waals surface area contributed by atoms with Gasteiger partial charge in [0, 0.05) is 37.2 Å². The molecular weight excluding hydrogens is 479 g/mol. The first-order valence-electron chi connectivity index (χ1n) is 11.5. The lowest BCUT2D eigenvalue weighted by molar-refractivity contribution is 0.0724. The van der Waals surface area contributed by atoms with E-state index in [1.54, 1.807) is 26.1 Å². The van der Waals surface area contributed by atoms with Gasteiger partial charge < -0.3 is 15.4 Å². The summed E-state index contributed by atoms with van der Waals surface area (Å²) in [5.41, 5.74) is 0.449. The van der Waals surface area contributed by atoms with E-state index in [1.165, 1.54) is 30.5 Å². The summed E-state index contributed by atoms with van der Waals surface area (Å²) < 4.78 is 20.7. The lowest BCUT2D eigenvalue weighted by Gasteiger charge is -2.15. The van der Waals surface area contributed by atoms with Gasteiger partial charge in [-0.2, -0.15) is 5.26 Å². The van der Waals surface area contributed by atoms with Crippen molar-refractivity contribution in [1.82, 2.24) is 15.3 Å². The van der Waals surface area contributed by atoms with Crippen molar-refractivity contribution in [3.05, 3.63) is 76.9 Å². The van der Waals surface area contributed by atoms with Crippen molar-refractivity contribution < 1.29 is 23.5 Å². The fourth-order valence-electron chi connectivity index (χ4n) is 3.80. The van der Waals surface area contributed by atoms with E-state index in [1.807, 2.05) is 6.07 Å². The van der Waals surface area contributed by atoms with E-state index in [2.05, 4.69) is 25.9 Å². The number of benzene rings is 1. The van der Waals surface area contributed by atoms with Gasteiger partial charge >= 0.3 is 12.0 Å². The van der Waals surface area contributed by atoms with Crippen LogP contribution in [0.1, 0.15) is 57.7 Å². The monoisotopic (exact) mass is 502 g/mol. The van der Waals surface area contributed by atoms with Crippen molar-refractivity contribution in [1.29, 1.82) is 5.26 Å². The third kappa shape index (κ3) is 5.70. The highest BCUT2D eigenvalue weighted by atomic mass is 19.1. The van der Waals surface area contributed by atoms with Crippen LogP contribution in [0.4, 0.5) is 20.8 Å². The Bertz CT molecular complexity index is 1400. The number of Topliss-reactive ketones (excluding diaryl/α,β-unsaturated/α-hetero) is 1. The number of aromatic nitrogens is 2. The summed E-state index contributed by atoms with van der Waals surface area (Å²) in [6.45, 7) is 1.65. The highest BCUT2D eigenvalue weighted by Gasteiger charge is 2.44. The van der Waals surface area contributed by atoms with Gasteiger partial charge in [0.05, 0.1) is 11.1 Å². The predicted octanol–water partition coefficient (Wildman–Crippen LogP) is 4.02. The number of hydrogen-bond donors (Lipinski definition) is 3. The van der Waals surface area contributed by atoms with Crippen LogP contribution >= 0.6 is 0 Å². The van der Waals surface area contributed by atoms with Gasteiger partial charge in [0.2, 0.25) is 0 Å². The molecule has 2 aromatic heterocycles. The fourth-order valence-corrected chi connectivity index (χ4v) is 3.80. The molecule has 4 rings (SSSR count). The normalized spacial score (nSPS) is 15.7. The van der Waals surface area contributed by atoms with Crippen LogP contribution in [0, 0.1) is 17.1 Å². The summed E-state index contributed by atoms with van der Waals surface area (Å²) in [4.78, 5) is 46.1. The van der Waals surface area contributed by atoms with Gasteiger partial charge in [0.15, 0.2) is 11.5 Å². The number of anilines is 2. The quantitative estimate of drug-likeness (QED) is 0.238. The lowest BCUT2D eigenvalue weighted by atomic mass is 10.00. The number of halogens is 1. The van der Waals surface area contributed by atoms with Gasteiger partial charge in [-0.1, -0.05) is 13.0 Å². The minimum atomic E-state index is -0.844. The van der Waals surface area contributed by atoms with Crippen LogP contribution < -0.4 is 20.7 Å². The molecule has 0 bridgehead atoms.